The molecule has 2 fully saturated rings. The molecule has 0 bridgehead atoms. The van der Waals surface area contributed by atoms with Crippen LogP contribution in [-0.4, -0.2) is 53.7 Å². The lowest BCUT2D eigenvalue weighted by molar-refractivity contribution is -0.134. The van der Waals surface area contributed by atoms with Crippen molar-refractivity contribution in [2.45, 2.75) is 31.2 Å². The Balaban J connectivity index is 0.00000225. The Morgan fingerprint density at radius 3 is 2.48 bits per heavy atom. The van der Waals surface area contributed by atoms with Gasteiger partial charge in [0.2, 0.25) is 0 Å². The number of urea groups is 1. The molecule has 3 rings (SSSR count). The van der Waals surface area contributed by atoms with Crippen LogP contribution in [0.3, 0.4) is 0 Å². The smallest absolute Gasteiger partial charge is 0.325 e. The van der Waals surface area contributed by atoms with Crippen LogP contribution >= 0.6 is 12.4 Å². The predicted molar refractivity (Wildman–Crippen MR) is 97.7 cm³/mol. The highest BCUT2D eigenvalue weighted by atomic mass is 35.5. The fraction of sp³-hybridized carbons (Fsp3) is 0.556. The van der Waals surface area contributed by atoms with Gasteiger partial charge in [0.25, 0.3) is 5.91 Å². The number of amides is 3. The van der Waals surface area contributed by atoms with E-state index in [9.17, 15) is 9.59 Å². The van der Waals surface area contributed by atoms with Gasteiger partial charge in [-0.25, -0.2) is 4.79 Å². The number of carbonyl (C=O) groups is 2. The van der Waals surface area contributed by atoms with E-state index in [0.29, 0.717) is 6.42 Å². The van der Waals surface area contributed by atoms with Crippen LogP contribution in [-0.2, 0) is 11.2 Å². The van der Waals surface area contributed by atoms with Crippen molar-refractivity contribution in [3.8, 4) is 0 Å². The van der Waals surface area contributed by atoms with Gasteiger partial charge in [-0.15, -0.1) is 12.4 Å². The molecule has 1 unspecified atom stereocenters. The number of piperidine rings is 1. The van der Waals surface area contributed by atoms with Crippen molar-refractivity contribution < 1.29 is 14.7 Å². The van der Waals surface area contributed by atoms with E-state index in [1.54, 1.807) is 0 Å². The molecule has 25 heavy (non-hydrogen) atoms. The summed E-state index contributed by atoms with van der Waals surface area (Å²) in [4.78, 5) is 26.5. The summed E-state index contributed by atoms with van der Waals surface area (Å²) in [6.07, 6.45) is 3.07. The number of aliphatic hydroxyl groups excluding tert-OH is 1. The van der Waals surface area contributed by atoms with Crippen molar-refractivity contribution >= 4 is 24.3 Å². The van der Waals surface area contributed by atoms with Gasteiger partial charge in [-0.05, 0) is 50.3 Å². The lowest BCUT2D eigenvalue weighted by Gasteiger charge is -2.38. The molecule has 6 nitrogen and oxygen atoms in total. The standard InChI is InChI=1S/C18H25N3O3.ClH/c22-13-12-21-16(23)18(20-17(21)24,15-7-10-19-11-8-15)9-6-14-4-2-1-3-5-14;/h1-5,15,19,22H,6-13H2,(H,20,24);1H. The van der Waals surface area contributed by atoms with E-state index in [1.807, 2.05) is 30.3 Å². The maximum absolute atomic E-state index is 13.1. The molecule has 3 N–H and O–H groups in total. The molecule has 0 spiro atoms. The molecule has 1 aromatic rings. The van der Waals surface area contributed by atoms with Crippen molar-refractivity contribution in [3.63, 3.8) is 0 Å². The third-order valence-corrected chi connectivity index (χ3v) is 5.21. The van der Waals surface area contributed by atoms with Crippen molar-refractivity contribution in [2.24, 2.45) is 5.92 Å². The van der Waals surface area contributed by atoms with Crippen LogP contribution < -0.4 is 10.6 Å². The Morgan fingerprint density at radius 1 is 1.16 bits per heavy atom. The Morgan fingerprint density at radius 2 is 1.84 bits per heavy atom. The van der Waals surface area contributed by atoms with Gasteiger partial charge < -0.3 is 15.7 Å². The lowest BCUT2D eigenvalue weighted by Crippen LogP contribution is -2.56. The first kappa shape index (κ1) is 19.7. The number of halogens is 1. The number of aliphatic hydroxyl groups is 1. The van der Waals surface area contributed by atoms with Crippen molar-refractivity contribution in [1.82, 2.24) is 15.5 Å². The summed E-state index contributed by atoms with van der Waals surface area (Å²) in [7, 11) is 0. The van der Waals surface area contributed by atoms with Crippen LogP contribution in [0.15, 0.2) is 30.3 Å². The molecule has 0 saturated carbocycles. The number of β-amino-alcohol motifs (C(OH)–C–C–N with tert-alkyl or cyclic N) is 1. The summed E-state index contributed by atoms with van der Waals surface area (Å²) in [5.41, 5.74) is 0.318. The van der Waals surface area contributed by atoms with Crippen molar-refractivity contribution in [3.05, 3.63) is 35.9 Å². The van der Waals surface area contributed by atoms with Gasteiger partial charge in [0.05, 0.1) is 13.2 Å². The SMILES string of the molecule is Cl.O=C1NC(CCc2ccccc2)(C2CCNCC2)C(=O)N1CCO. The first-order chi connectivity index (χ1) is 11.7. The summed E-state index contributed by atoms with van der Waals surface area (Å²) < 4.78 is 0. The third-order valence-electron chi connectivity index (χ3n) is 5.21. The second kappa shape index (κ2) is 8.65. The molecule has 3 amide bonds. The maximum Gasteiger partial charge on any atom is 0.325 e. The Bertz CT molecular complexity index is 592. The van der Waals surface area contributed by atoms with Crippen LogP contribution in [0.2, 0.25) is 0 Å². The molecule has 1 aromatic carbocycles. The minimum atomic E-state index is -0.843. The molecule has 2 aliphatic heterocycles. The number of aryl methyl sites for hydroxylation is 1. The average molecular weight is 368 g/mol. The minimum absolute atomic E-state index is 0. The number of hydrogen-bond acceptors (Lipinski definition) is 4. The van der Waals surface area contributed by atoms with Gasteiger partial charge in [0, 0.05) is 0 Å². The highest BCUT2D eigenvalue weighted by Crippen LogP contribution is 2.35. The number of imide groups is 1. The second-order valence-electron chi connectivity index (χ2n) is 6.59. The van der Waals surface area contributed by atoms with E-state index in [0.717, 1.165) is 37.9 Å². The summed E-state index contributed by atoms with van der Waals surface area (Å²) in [5, 5.41) is 15.5. The fourth-order valence-electron chi connectivity index (χ4n) is 3.90. The molecule has 2 saturated heterocycles. The number of nitrogens with zero attached hydrogens (tertiary/aromatic N) is 1. The van der Waals surface area contributed by atoms with E-state index < -0.39 is 5.54 Å². The Kier molecular flexibility index (Phi) is 6.81. The van der Waals surface area contributed by atoms with Crippen molar-refractivity contribution in [1.29, 1.82) is 0 Å². The lowest BCUT2D eigenvalue weighted by atomic mass is 9.74. The van der Waals surface area contributed by atoms with Gasteiger partial charge >= 0.3 is 6.03 Å². The van der Waals surface area contributed by atoms with Crippen LogP contribution in [0, 0.1) is 5.92 Å². The van der Waals surface area contributed by atoms with Crippen molar-refractivity contribution in [2.75, 3.05) is 26.2 Å². The molecule has 1 atom stereocenters. The summed E-state index contributed by atoms with van der Waals surface area (Å²) in [6, 6.07) is 9.66. The average Bonchev–Trinajstić information content (AvgIpc) is 2.87. The minimum Gasteiger partial charge on any atom is -0.395 e. The van der Waals surface area contributed by atoms with Crippen LogP contribution in [0.25, 0.3) is 0 Å². The number of nitrogens with one attached hydrogen (secondary N) is 2. The molecule has 2 heterocycles. The zero-order valence-corrected chi connectivity index (χ0v) is 15.1. The summed E-state index contributed by atoms with van der Waals surface area (Å²) in [5.74, 6) is -0.0491. The number of hydrogen-bond donors (Lipinski definition) is 3. The van der Waals surface area contributed by atoms with E-state index in [2.05, 4.69) is 10.6 Å². The number of carbonyl (C=O) groups excluding carboxylic acids is 2. The number of rotatable bonds is 6. The van der Waals surface area contributed by atoms with E-state index in [1.165, 1.54) is 4.90 Å². The monoisotopic (exact) mass is 367 g/mol. The van der Waals surface area contributed by atoms with E-state index in [4.69, 9.17) is 5.11 Å². The topological polar surface area (TPSA) is 81.7 Å². The molecule has 7 heteroatoms. The van der Waals surface area contributed by atoms with Crippen LogP contribution in [0.5, 0.6) is 0 Å². The molecule has 0 aromatic heterocycles. The van der Waals surface area contributed by atoms with E-state index in [-0.39, 0.29) is 43.4 Å². The maximum atomic E-state index is 13.1. The zero-order valence-electron chi connectivity index (χ0n) is 14.2. The second-order valence-corrected chi connectivity index (χ2v) is 6.59. The first-order valence-corrected chi connectivity index (χ1v) is 8.67. The predicted octanol–water partition coefficient (Wildman–Crippen LogP) is 1.32. The van der Waals surface area contributed by atoms with E-state index >= 15 is 0 Å². The largest absolute Gasteiger partial charge is 0.395 e. The molecule has 0 aliphatic carbocycles. The first-order valence-electron chi connectivity index (χ1n) is 8.67. The summed E-state index contributed by atoms with van der Waals surface area (Å²) >= 11 is 0. The molecule has 138 valence electrons. The zero-order chi connectivity index (χ0) is 17.0. The van der Waals surface area contributed by atoms with Gasteiger partial charge in [0.1, 0.15) is 5.54 Å². The Labute approximate surface area is 154 Å². The molecule has 2 aliphatic rings. The number of benzene rings is 1. The molecular weight excluding hydrogens is 342 g/mol. The van der Waals surface area contributed by atoms with Crippen LogP contribution in [0.1, 0.15) is 24.8 Å². The molecular formula is C18H26ClN3O3. The van der Waals surface area contributed by atoms with Gasteiger partial charge in [0.15, 0.2) is 0 Å². The van der Waals surface area contributed by atoms with Gasteiger partial charge in [-0.1, -0.05) is 30.3 Å². The van der Waals surface area contributed by atoms with Crippen LogP contribution in [0.4, 0.5) is 4.79 Å². The fourth-order valence-corrected chi connectivity index (χ4v) is 3.90. The summed E-state index contributed by atoms with van der Waals surface area (Å²) in [6.45, 7) is 1.57. The highest BCUT2D eigenvalue weighted by molar-refractivity contribution is 6.07. The third kappa shape index (κ3) is 3.97. The highest BCUT2D eigenvalue weighted by Gasteiger charge is 2.54. The normalized spacial score (nSPS) is 24.1. The van der Waals surface area contributed by atoms with Gasteiger partial charge in [-0.3, -0.25) is 9.69 Å². The quantitative estimate of drug-likeness (QED) is 0.662. The molecule has 0 radical (unpaired) electrons. The Hall–Kier alpha value is -1.63. The van der Waals surface area contributed by atoms with Gasteiger partial charge in [-0.2, -0.15) is 0 Å².